The standard InChI is InChI=1S/C18H29NOS/c1-6-17-16(11-14(5)21-17)19(12(2)3)18(20)15-9-7-13(4)8-10-15/h11-13,15H,6-10H2,1-5H3. The van der Waals surface area contributed by atoms with Gasteiger partial charge in [-0.1, -0.05) is 13.8 Å². The molecule has 1 aromatic heterocycles. The number of thiophene rings is 1. The van der Waals surface area contributed by atoms with E-state index in [1.807, 2.05) is 11.3 Å². The van der Waals surface area contributed by atoms with Crippen LogP contribution in [0.4, 0.5) is 5.69 Å². The van der Waals surface area contributed by atoms with E-state index in [-0.39, 0.29) is 12.0 Å². The fourth-order valence-corrected chi connectivity index (χ4v) is 4.33. The monoisotopic (exact) mass is 307 g/mol. The second-order valence-corrected chi connectivity index (χ2v) is 8.12. The van der Waals surface area contributed by atoms with Crippen molar-refractivity contribution in [2.75, 3.05) is 4.90 Å². The molecule has 21 heavy (non-hydrogen) atoms. The highest BCUT2D eigenvalue weighted by molar-refractivity contribution is 7.12. The molecule has 3 heteroatoms. The van der Waals surface area contributed by atoms with Gasteiger partial charge in [0.1, 0.15) is 0 Å². The van der Waals surface area contributed by atoms with Crippen molar-refractivity contribution in [3.63, 3.8) is 0 Å². The molecule has 0 aliphatic heterocycles. The van der Waals surface area contributed by atoms with Crippen molar-refractivity contribution in [1.82, 2.24) is 0 Å². The maximum Gasteiger partial charge on any atom is 0.230 e. The van der Waals surface area contributed by atoms with Crippen LogP contribution < -0.4 is 4.90 Å². The number of carbonyl (C=O) groups is 1. The number of amides is 1. The Kier molecular flexibility index (Phi) is 5.48. The lowest BCUT2D eigenvalue weighted by Crippen LogP contribution is -2.42. The summed E-state index contributed by atoms with van der Waals surface area (Å²) in [5, 5.41) is 0. The predicted molar refractivity (Wildman–Crippen MR) is 92.2 cm³/mol. The van der Waals surface area contributed by atoms with Gasteiger partial charge < -0.3 is 4.90 Å². The van der Waals surface area contributed by atoms with Gasteiger partial charge in [0, 0.05) is 21.7 Å². The van der Waals surface area contributed by atoms with Crippen LogP contribution in [0.1, 0.15) is 63.1 Å². The number of carbonyl (C=O) groups excluding carboxylic acids is 1. The van der Waals surface area contributed by atoms with E-state index in [1.165, 1.54) is 28.3 Å². The normalized spacial score (nSPS) is 22.6. The zero-order valence-electron chi connectivity index (χ0n) is 14.1. The first-order chi connectivity index (χ1) is 9.93. The number of anilines is 1. The molecule has 0 saturated heterocycles. The molecule has 1 amide bonds. The quantitative estimate of drug-likeness (QED) is 0.750. The molecule has 2 rings (SSSR count). The van der Waals surface area contributed by atoms with Crippen LogP contribution in [0, 0.1) is 18.8 Å². The molecule has 0 atom stereocenters. The van der Waals surface area contributed by atoms with Gasteiger partial charge in [-0.15, -0.1) is 11.3 Å². The maximum absolute atomic E-state index is 13.1. The zero-order chi connectivity index (χ0) is 15.6. The Bertz CT molecular complexity index is 483. The highest BCUT2D eigenvalue weighted by Gasteiger charge is 2.31. The average molecular weight is 308 g/mol. The first-order valence-electron chi connectivity index (χ1n) is 8.36. The van der Waals surface area contributed by atoms with Crippen LogP contribution in [0.5, 0.6) is 0 Å². The lowest BCUT2D eigenvalue weighted by molar-refractivity contribution is -0.123. The summed E-state index contributed by atoms with van der Waals surface area (Å²) >= 11 is 1.83. The maximum atomic E-state index is 13.1. The summed E-state index contributed by atoms with van der Waals surface area (Å²) in [4.78, 5) is 17.8. The van der Waals surface area contributed by atoms with Crippen molar-refractivity contribution >= 4 is 22.9 Å². The number of hydrogen-bond acceptors (Lipinski definition) is 2. The smallest absolute Gasteiger partial charge is 0.230 e. The van der Waals surface area contributed by atoms with Crippen LogP contribution in [0.2, 0.25) is 0 Å². The number of rotatable bonds is 4. The topological polar surface area (TPSA) is 20.3 Å². The van der Waals surface area contributed by atoms with Crippen LogP contribution in [0.3, 0.4) is 0 Å². The molecule has 0 aromatic carbocycles. The molecule has 1 aliphatic rings. The molecule has 1 aromatic rings. The molecular formula is C18H29NOS. The molecule has 1 saturated carbocycles. The Morgan fingerprint density at radius 2 is 1.95 bits per heavy atom. The van der Waals surface area contributed by atoms with Crippen molar-refractivity contribution in [2.45, 2.75) is 72.8 Å². The van der Waals surface area contributed by atoms with Crippen LogP contribution in [0.25, 0.3) is 0 Å². The van der Waals surface area contributed by atoms with Gasteiger partial charge in [0.25, 0.3) is 0 Å². The molecule has 1 fully saturated rings. The van der Waals surface area contributed by atoms with Gasteiger partial charge >= 0.3 is 0 Å². The third-order valence-electron chi connectivity index (χ3n) is 4.61. The van der Waals surface area contributed by atoms with Crippen molar-refractivity contribution in [3.05, 3.63) is 15.8 Å². The van der Waals surface area contributed by atoms with E-state index >= 15 is 0 Å². The van der Waals surface area contributed by atoms with Gasteiger partial charge in [0.05, 0.1) is 5.69 Å². The Hall–Kier alpha value is -0.830. The third kappa shape index (κ3) is 3.68. The SMILES string of the molecule is CCc1sc(C)cc1N(C(=O)C1CCC(C)CC1)C(C)C. The summed E-state index contributed by atoms with van der Waals surface area (Å²) in [5.41, 5.74) is 1.17. The Labute approximate surface area is 133 Å². The van der Waals surface area contributed by atoms with Crippen molar-refractivity contribution in [2.24, 2.45) is 11.8 Å². The van der Waals surface area contributed by atoms with E-state index < -0.39 is 0 Å². The Balaban J connectivity index is 2.24. The number of aryl methyl sites for hydroxylation is 2. The van der Waals surface area contributed by atoms with Crippen molar-refractivity contribution in [3.8, 4) is 0 Å². The second-order valence-electron chi connectivity index (χ2n) is 6.78. The molecular weight excluding hydrogens is 278 g/mol. The van der Waals surface area contributed by atoms with Gasteiger partial charge in [-0.3, -0.25) is 4.79 Å². The van der Waals surface area contributed by atoms with Crippen molar-refractivity contribution < 1.29 is 4.79 Å². The average Bonchev–Trinajstić information content (AvgIpc) is 2.80. The molecule has 0 N–H and O–H groups in total. The molecule has 1 aliphatic carbocycles. The van der Waals surface area contributed by atoms with E-state index in [9.17, 15) is 4.79 Å². The molecule has 0 unspecified atom stereocenters. The minimum atomic E-state index is 0.230. The molecule has 0 bridgehead atoms. The van der Waals surface area contributed by atoms with E-state index in [0.717, 1.165) is 25.2 Å². The summed E-state index contributed by atoms with van der Waals surface area (Å²) in [6, 6.07) is 2.43. The van der Waals surface area contributed by atoms with Crippen molar-refractivity contribution in [1.29, 1.82) is 0 Å². The largest absolute Gasteiger partial charge is 0.309 e. The van der Waals surface area contributed by atoms with Gasteiger partial charge in [-0.05, 0) is 64.9 Å². The van der Waals surface area contributed by atoms with Gasteiger partial charge in [0.2, 0.25) is 5.91 Å². The van der Waals surface area contributed by atoms with Crippen LogP contribution in [0.15, 0.2) is 6.07 Å². The predicted octanol–water partition coefficient (Wildman–Crippen LogP) is 5.19. The zero-order valence-corrected chi connectivity index (χ0v) is 14.9. The highest BCUT2D eigenvalue weighted by atomic mass is 32.1. The van der Waals surface area contributed by atoms with Crippen LogP contribution in [-0.2, 0) is 11.2 Å². The third-order valence-corrected chi connectivity index (χ3v) is 5.79. The summed E-state index contributed by atoms with van der Waals surface area (Å²) in [6.45, 7) is 10.9. The van der Waals surface area contributed by atoms with E-state index in [0.29, 0.717) is 5.91 Å². The van der Waals surface area contributed by atoms with E-state index in [2.05, 4.69) is 45.6 Å². The minimum absolute atomic E-state index is 0.230. The van der Waals surface area contributed by atoms with E-state index in [1.54, 1.807) is 0 Å². The first-order valence-corrected chi connectivity index (χ1v) is 9.18. The number of hydrogen-bond donors (Lipinski definition) is 0. The van der Waals surface area contributed by atoms with Crippen LogP contribution >= 0.6 is 11.3 Å². The molecule has 0 spiro atoms. The summed E-state index contributed by atoms with van der Waals surface area (Å²) in [6.07, 6.45) is 5.53. The van der Waals surface area contributed by atoms with Gasteiger partial charge in [-0.25, -0.2) is 0 Å². The summed E-state index contributed by atoms with van der Waals surface area (Å²) in [5.74, 6) is 1.37. The van der Waals surface area contributed by atoms with E-state index in [4.69, 9.17) is 0 Å². The first kappa shape index (κ1) is 16.5. The molecule has 0 radical (unpaired) electrons. The highest BCUT2D eigenvalue weighted by Crippen LogP contribution is 2.36. The lowest BCUT2D eigenvalue weighted by Gasteiger charge is -2.33. The lowest BCUT2D eigenvalue weighted by atomic mass is 9.82. The summed E-state index contributed by atoms with van der Waals surface area (Å²) in [7, 11) is 0. The van der Waals surface area contributed by atoms with Gasteiger partial charge in [-0.2, -0.15) is 0 Å². The molecule has 118 valence electrons. The minimum Gasteiger partial charge on any atom is -0.309 e. The Morgan fingerprint density at radius 1 is 1.33 bits per heavy atom. The van der Waals surface area contributed by atoms with Gasteiger partial charge in [0.15, 0.2) is 0 Å². The summed E-state index contributed by atoms with van der Waals surface area (Å²) < 4.78 is 0. The Morgan fingerprint density at radius 3 is 2.48 bits per heavy atom. The molecule has 2 nitrogen and oxygen atoms in total. The molecule has 1 heterocycles. The fourth-order valence-electron chi connectivity index (χ4n) is 3.36. The second kappa shape index (κ2) is 6.95. The fraction of sp³-hybridized carbons (Fsp3) is 0.722. The van der Waals surface area contributed by atoms with Crippen LogP contribution in [-0.4, -0.2) is 11.9 Å². The number of nitrogens with zero attached hydrogens (tertiary/aromatic N) is 1.